The van der Waals surface area contributed by atoms with Crippen molar-refractivity contribution in [3.05, 3.63) is 35.9 Å². The van der Waals surface area contributed by atoms with E-state index >= 15 is 0 Å². The second-order valence-corrected chi connectivity index (χ2v) is 4.75. The predicted molar refractivity (Wildman–Crippen MR) is 67.2 cm³/mol. The molecule has 0 atom stereocenters. The summed E-state index contributed by atoms with van der Waals surface area (Å²) in [5.41, 5.74) is 0.985. The first-order valence-corrected chi connectivity index (χ1v) is 5.75. The van der Waals surface area contributed by atoms with E-state index in [2.05, 4.69) is 17.4 Å². The number of benzene rings is 1. The minimum absolute atomic E-state index is 0.0746. The molecule has 0 saturated carbocycles. The van der Waals surface area contributed by atoms with Gasteiger partial charge in [0.15, 0.2) is 0 Å². The highest BCUT2D eigenvalue weighted by atomic mass is 16.1. The highest BCUT2D eigenvalue weighted by Crippen LogP contribution is 2.13. The van der Waals surface area contributed by atoms with Gasteiger partial charge in [-0.1, -0.05) is 30.3 Å². The van der Waals surface area contributed by atoms with Crippen LogP contribution >= 0.6 is 0 Å². The monoisotopic (exact) mass is 230 g/mol. The highest BCUT2D eigenvalue weighted by molar-refractivity contribution is 5.78. The Hall–Kier alpha value is -1.82. The molecule has 0 spiro atoms. The van der Waals surface area contributed by atoms with Crippen LogP contribution in [0.2, 0.25) is 0 Å². The first kappa shape index (κ1) is 13.2. The maximum absolute atomic E-state index is 11.3. The molecule has 0 aliphatic carbocycles. The molecule has 0 saturated heterocycles. The Morgan fingerprint density at radius 1 is 1.35 bits per heavy atom. The number of carbonyl (C=O) groups excluding carboxylic acids is 1. The zero-order valence-electron chi connectivity index (χ0n) is 10.4. The minimum atomic E-state index is -0.274. The molecule has 3 heteroatoms. The van der Waals surface area contributed by atoms with E-state index in [0.717, 1.165) is 12.8 Å². The van der Waals surface area contributed by atoms with Crippen molar-refractivity contribution in [1.82, 2.24) is 5.32 Å². The molecule has 17 heavy (non-hydrogen) atoms. The number of nitriles is 1. The molecule has 90 valence electrons. The largest absolute Gasteiger partial charge is 0.350 e. The lowest BCUT2D eigenvalue weighted by atomic mass is 9.95. The third-order valence-electron chi connectivity index (χ3n) is 2.60. The molecular weight excluding hydrogens is 212 g/mol. The minimum Gasteiger partial charge on any atom is -0.350 e. The van der Waals surface area contributed by atoms with E-state index in [1.807, 2.05) is 38.1 Å². The van der Waals surface area contributed by atoms with Gasteiger partial charge in [-0.3, -0.25) is 4.79 Å². The molecule has 1 rings (SSSR count). The quantitative estimate of drug-likeness (QED) is 0.844. The summed E-state index contributed by atoms with van der Waals surface area (Å²) in [4.78, 5) is 11.3. The number of aryl methyl sites for hydroxylation is 1. The fraction of sp³-hybridized carbons (Fsp3) is 0.429. The fourth-order valence-electron chi connectivity index (χ4n) is 1.66. The van der Waals surface area contributed by atoms with Crippen molar-refractivity contribution in [1.29, 1.82) is 5.26 Å². The number of carbonyl (C=O) groups is 1. The number of amides is 1. The van der Waals surface area contributed by atoms with Gasteiger partial charge < -0.3 is 5.32 Å². The van der Waals surface area contributed by atoms with Gasteiger partial charge in [-0.05, 0) is 32.3 Å². The lowest BCUT2D eigenvalue weighted by Gasteiger charge is -2.25. The molecule has 1 amide bonds. The van der Waals surface area contributed by atoms with Gasteiger partial charge in [0, 0.05) is 5.54 Å². The molecule has 0 fully saturated rings. The fourth-order valence-corrected chi connectivity index (χ4v) is 1.66. The number of nitrogens with one attached hydrogen (secondary N) is 1. The second-order valence-electron chi connectivity index (χ2n) is 4.75. The van der Waals surface area contributed by atoms with Crippen molar-refractivity contribution in [2.45, 2.75) is 38.6 Å². The van der Waals surface area contributed by atoms with Crippen LogP contribution in [-0.4, -0.2) is 11.4 Å². The van der Waals surface area contributed by atoms with Gasteiger partial charge in [0.2, 0.25) is 5.91 Å². The van der Waals surface area contributed by atoms with Crippen LogP contribution < -0.4 is 5.32 Å². The van der Waals surface area contributed by atoms with E-state index in [4.69, 9.17) is 5.26 Å². The standard InChI is InChI=1S/C14H18N2O/c1-14(2,16-13(17)9-11-15)10-8-12-6-4-3-5-7-12/h3-7H,8-10H2,1-2H3,(H,16,17). The van der Waals surface area contributed by atoms with Crippen LogP contribution in [-0.2, 0) is 11.2 Å². The lowest BCUT2D eigenvalue weighted by molar-refractivity contribution is -0.121. The van der Waals surface area contributed by atoms with Crippen molar-refractivity contribution in [2.75, 3.05) is 0 Å². The van der Waals surface area contributed by atoms with Gasteiger partial charge in [-0.25, -0.2) is 0 Å². The normalized spacial score (nSPS) is 10.6. The third-order valence-corrected chi connectivity index (χ3v) is 2.60. The number of rotatable bonds is 5. The van der Waals surface area contributed by atoms with Crippen LogP contribution in [0.4, 0.5) is 0 Å². The number of nitrogens with zero attached hydrogens (tertiary/aromatic N) is 1. The molecule has 0 aliphatic heterocycles. The van der Waals surface area contributed by atoms with Gasteiger partial charge in [0.25, 0.3) is 0 Å². The van der Waals surface area contributed by atoms with Crippen molar-refractivity contribution >= 4 is 5.91 Å². The predicted octanol–water partition coefficient (Wildman–Crippen LogP) is 2.43. The summed E-state index contributed by atoms with van der Waals surface area (Å²) in [6.07, 6.45) is 1.70. The van der Waals surface area contributed by atoms with Crippen LogP contribution in [0.15, 0.2) is 30.3 Å². The van der Waals surface area contributed by atoms with Crippen LogP contribution in [0.3, 0.4) is 0 Å². The Bertz CT molecular complexity index is 404. The Labute approximate surface area is 102 Å². The van der Waals surface area contributed by atoms with Crippen molar-refractivity contribution in [3.63, 3.8) is 0 Å². The summed E-state index contributed by atoms with van der Waals surface area (Å²) < 4.78 is 0. The summed E-state index contributed by atoms with van der Waals surface area (Å²) in [6.45, 7) is 3.95. The van der Waals surface area contributed by atoms with E-state index in [9.17, 15) is 4.79 Å². The Morgan fingerprint density at radius 2 is 2.00 bits per heavy atom. The molecule has 0 radical (unpaired) electrons. The van der Waals surface area contributed by atoms with Crippen molar-refractivity contribution in [3.8, 4) is 6.07 Å². The smallest absolute Gasteiger partial charge is 0.234 e. The highest BCUT2D eigenvalue weighted by Gasteiger charge is 2.19. The lowest BCUT2D eigenvalue weighted by Crippen LogP contribution is -2.43. The van der Waals surface area contributed by atoms with Crippen molar-refractivity contribution < 1.29 is 4.79 Å². The molecule has 3 nitrogen and oxygen atoms in total. The molecular formula is C14H18N2O. The number of hydrogen-bond donors (Lipinski definition) is 1. The van der Waals surface area contributed by atoms with E-state index in [1.165, 1.54) is 5.56 Å². The van der Waals surface area contributed by atoms with Gasteiger partial charge in [0.1, 0.15) is 6.42 Å². The van der Waals surface area contributed by atoms with E-state index in [-0.39, 0.29) is 17.9 Å². The molecule has 0 bridgehead atoms. The average molecular weight is 230 g/mol. The van der Waals surface area contributed by atoms with E-state index in [1.54, 1.807) is 0 Å². The molecule has 0 aliphatic rings. The Morgan fingerprint density at radius 3 is 2.59 bits per heavy atom. The Balaban J connectivity index is 2.45. The summed E-state index contributed by atoms with van der Waals surface area (Å²) in [6, 6.07) is 12.0. The van der Waals surface area contributed by atoms with Crippen LogP contribution in [0.5, 0.6) is 0 Å². The zero-order chi connectivity index (χ0) is 12.7. The molecule has 0 heterocycles. The van der Waals surface area contributed by atoms with Gasteiger partial charge in [0.05, 0.1) is 6.07 Å². The van der Waals surface area contributed by atoms with Gasteiger partial charge >= 0.3 is 0 Å². The average Bonchev–Trinajstić information content (AvgIpc) is 2.27. The van der Waals surface area contributed by atoms with Gasteiger partial charge in [-0.2, -0.15) is 5.26 Å². The number of hydrogen-bond acceptors (Lipinski definition) is 2. The summed E-state index contributed by atoms with van der Waals surface area (Å²) in [5, 5.41) is 11.3. The maximum atomic E-state index is 11.3. The van der Waals surface area contributed by atoms with Crippen LogP contribution in [0.1, 0.15) is 32.3 Å². The van der Waals surface area contributed by atoms with Crippen LogP contribution in [0, 0.1) is 11.3 Å². The summed E-state index contributed by atoms with van der Waals surface area (Å²) in [5.74, 6) is -0.203. The maximum Gasteiger partial charge on any atom is 0.234 e. The summed E-state index contributed by atoms with van der Waals surface area (Å²) >= 11 is 0. The van der Waals surface area contributed by atoms with E-state index in [0.29, 0.717) is 0 Å². The molecule has 0 unspecified atom stereocenters. The summed E-state index contributed by atoms with van der Waals surface area (Å²) in [7, 11) is 0. The first-order valence-electron chi connectivity index (χ1n) is 5.75. The van der Waals surface area contributed by atoms with Gasteiger partial charge in [-0.15, -0.1) is 0 Å². The zero-order valence-corrected chi connectivity index (χ0v) is 10.4. The molecule has 0 aromatic heterocycles. The first-order chi connectivity index (χ1) is 8.03. The second kappa shape index (κ2) is 6.05. The SMILES string of the molecule is CC(C)(CCc1ccccc1)NC(=O)CC#N. The van der Waals surface area contributed by atoms with Crippen molar-refractivity contribution in [2.24, 2.45) is 0 Å². The Kier molecular flexibility index (Phi) is 4.71. The molecule has 1 aromatic carbocycles. The molecule has 1 aromatic rings. The van der Waals surface area contributed by atoms with E-state index < -0.39 is 0 Å². The molecule has 1 N–H and O–H groups in total. The van der Waals surface area contributed by atoms with Crippen LogP contribution in [0.25, 0.3) is 0 Å². The topological polar surface area (TPSA) is 52.9 Å². The third kappa shape index (κ3) is 5.17.